The Bertz CT molecular complexity index is 680. The number of hydrogen-bond acceptors (Lipinski definition) is 3. The molecule has 118 valence electrons. The van der Waals surface area contributed by atoms with Crippen LogP contribution in [-0.4, -0.2) is 22.8 Å². The van der Waals surface area contributed by atoms with Crippen molar-refractivity contribution in [3.8, 4) is 5.75 Å². The Morgan fingerprint density at radius 3 is 2.68 bits per heavy atom. The summed E-state index contributed by atoms with van der Waals surface area (Å²) >= 11 is 5.99. The maximum absolute atomic E-state index is 12.3. The molecule has 1 aromatic heterocycles. The van der Waals surface area contributed by atoms with Crippen LogP contribution in [0.15, 0.2) is 30.5 Å². The van der Waals surface area contributed by atoms with Crippen molar-refractivity contribution < 1.29 is 9.53 Å². The van der Waals surface area contributed by atoms with Gasteiger partial charge in [0.25, 0.3) is 0 Å². The van der Waals surface area contributed by atoms with Crippen molar-refractivity contribution in [2.24, 2.45) is 7.05 Å². The third-order valence-corrected chi connectivity index (χ3v) is 3.75. The van der Waals surface area contributed by atoms with Crippen molar-refractivity contribution in [2.75, 3.05) is 7.11 Å². The van der Waals surface area contributed by atoms with E-state index in [1.165, 1.54) is 0 Å². The molecule has 6 heteroatoms. The molecule has 2 rings (SSSR count). The molecule has 2 aromatic rings. The maximum atomic E-state index is 12.3. The van der Waals surface area contributed by atoms with Crippen LogP contribution in [0, 0.1) is 0 Å². The predicted octanol–water partition coefficient (Wildman–Crippen LogP) is 2.68. The van der Waals surface area contributed by atoms with Crippen LogP contribution in [0.4, 0.5) is 0 Å². The number of rotatable bonds is 5. The molecule has 0 bridgehead atoms. The predicted molar refractivity (Wildman–Crippen MR) is 86.1 cm³/mol. The highest BCUT2D eigenvalue weighted by molar-refractivity contribution is 6.30. The van der Waals surface area contributed by atoms with Crippen LogP contribution < -0.4 is 10.1 Å². The molecular weight excluding hydrogens is 302 g/mol. The van der Waals surface area contributed by atoms with Crippen LogP contribution in [0.5, 0.6) is 5.75 Å². The van der Waals surface area contributed by atoms with Crippen LogP contribution in [0.2, 0.25) is 5.15 Å². The van der Waals surface area contributed by atoms with Gasteiger partial charge in [-0.05, 0) is 19.9 Å². The molecular formula is C16H20ClN3O2. The summed E-state index contributed by atoms with van der Waals surface area (Å²) in [5.74, 6) is 0.623. The normalized spacial score (nSPS) is 11.3. The molecule has 0 aliphatic heterocycles. The summed E-state index contributed by atoms with van der Waals surface area (Å²) in [5.41, 5.74) is 1.07. The molecule has 22 heavy (non-hydrogen) atoms. The first-order valence-electron chi connectivity index (χ1n) is 6.96. The zero-order valence-corrected chi connectivity index (χ0v) is 13.9. The Hall–Kier alpha value is -2.01. The Kier molecular flexibility index (Phi) is 4.76. The molecule has 0 aliphatic rings. The molecule has 0 spiro atoms. The summed E-state index contributed by atoms with van der Waals surface area (Å²) in [6.07, 6.45) is 1.93. The van der Waals surface area contributed by atoms with E-state index in [2.05, 4.69) is 10.4 Å². The van der Waals surface area contributed by atoms with Crippen molar-refractivity contribution >= 4 is 17.5 Å². The van der Waals surface area contributed by atoms with Gasteiger partial charge in [-0.15, -0.1) is 0 Å². The van der Waals surface area contributed by atoms with Crippen LogP contribution in [0.25, 0.3) is 0 Å². The van der Waals surface area contributed by atoms with E-state index in [0.717, 1.165) is 11.3 Å². The third kappa shape index (κ3) is 3.60. The Balaban J connectivity index is 2.14. The molecule has 0 fully saturated rings. The van der Waals surface area contributed by atoms with Crippen LogP contribution in [-0.2, 0) is 23.8 Å². The monoisotopic (exact) mass is 321 g/mol. The highest BCUT2D eigenvalue weighted by Crippen LogP contribution is 2.29. The minimum absolute atomic E-state index is 0.120. The van der Waals surface area contributed by atoms with Gasteiger partial charge in [0.05, 0.1) is 19.1 Å². The van der Waals surface area contributed by atoms with Gasteiger partial charge in [0.2, 0.25) is 5.91 Å². The fourth-order valence-corrected chi connectivity index (χ4v) is 2.66. The standard InChI is InChI=1S/C16H20ClN3O2/c1-16(2,12-7-5-6-8-13(12)22-4)18-14(21)9-11-10-20(3)19-15(11)17/h5-8,10H,9H2,1-4H3,(H,18,21). The van der Waals surface area contributed by atoms with Crippen molar-refractivity contribution in [3.05, 3.63) is 46.7 Å². The first kappa shape index (κ1) is 16.4. The van der Waals surface area contributed by atoms with Crippen molar-refractivity contribution in [1.29, 1.82) is 0 Å². The lowest BCUT2D eigenvalue weighted by atomic mass is 9.93. The van der Waals surface area contributed by atoms with E-state index in [-0.39, 0.29) is 12.3 Å². The number of aryl methyl sites for hydroxylation is 1. The largest absolute Gasteiger partial charge is 0.496 e. The topological polar surface area (TPSA) is 56.1 Å². The summed E-state index contributed by atoms with van der Waals surface area (Å²) in [5, 5.41) is 7.40. The third-order valence-electron chi connectivity index (χ3n) is 3.44. The van der Waals surface area contributed by atoms with Gasteiger partial charge in [0, 0.05) is 24.4 Å². The number of hydrogen-bond donors (Lipinski definition) is 1. The zero-order chi connectivity index (χ0) is 16.3. The molecule has 1 N–H and O–H groups in total. The number of carbonyl (C=O) groups is 1. The first-order chi connectivity index (χ1) is 10.3. The Labute approximate surface area is 135 Å². The lowest BCUT2D eigenvalue weighted by Gasteiger charge is -2.28. The second-order valence-electron chi connectivity index (χ2n) is 5.67. The van der Waals surface area contributed by atoms with Gasteiger partial charge in [0.1, 0.15) is 5.75 Å². The molecule has 0 saturated carbocycles. The van der Waals surface area contributed by atoms with Crippen LogP contribution in [0.1, 0.15) is 25.0 Å². The van der Waals surface area contributed by atoms with Gasteiger partial charge in [-0.1, -0.05) is 29.8 Å². The van der Waals surface area contributed by atoms with Crippen molar-refractivity contribution in [1.82, 2.24) is 15.1 Å². The minimum Gasteiger partial charge on any atom is -0.496 e. The number of para-hydroxylation sites is 1. The van der Waals surface area contributed by atoms with Crippen LogP contribution >= 0.6 is 11.6 Å². The van der Waals surface area contributed by atoms with E-state index in [9.17, 15) is 4.79 Å². The fourth-order valence-electron chi connectivity index (χ4n) is 2.42. The van der Waals surface area contributed by atoms with E-state index < -0.39 is 5.54 Å². The van der Waals surface area contributed by atoms with E-state index in [1.54, 1.807) is 25.0 Å². The SMILES string of the molecule is COc1ccccc1C(C)(C)NC(=O)Cc1cn(C)nc1Cl. The zero-order valence-electron chi connectivity index (χ0n) is 13.2. The molecule has 0 aliphatic carbocycles. The van der Waals surface area contributed by atoms with Crippen molar-refractivity contribution in [2.45, 2.75) is 25.8 Å². The smallest absolute Gasteiger partial charge is 0.225 e. The average molecular weight is 322 g/mol. The number of ether oxygens (including phenoxy) is 1. The highest BCUT2D eigenvalue weighted by atomic mass is 35.5. The van der Waals surface area contributed by atoms with Gasteiger partial charge >= 0.3 is 0 Å². The van der Waals surface area contributed by atoms with Gasteiger partial charge < -0.3 is 10.1 Å². The minimum atomic E-state index is -0.557. The molecule has 0 radical (unpaired) electrons. The average Bonchev–Trinajstić information content (AvgIpc) is 2.76. The molecule has 0 saturated heterocycles. The van der Waals surface area contributed by atoms with E-state index in [0.29, 0.717) is 10.7 Å². The van der Waals surface area contributed by atoms with Crippen LogP contribution in [0.3, 0.4) is 0 Å². The number of nitrogens with one attached hydrogen (secondary N) is 1. The summed E-state index contributed by atoms with van der Waals surface area (Å²) in [4.78, 5) is 12.3. The van der Waals surface area contributed by atoms with Gasteiger partial charge in [-0.2, -0.15) is 5.10 Å². The number of methoxy groups -OCH3 is 1. The Morgan fingerprint density at radius 1 is 1.41 bits per heavy atom. The number of carbonyl (C=O) groups excluding carboxylic acids is 1. The number of aromatic nitrogens is 2. The van der Waals surface area contributed by atoms with Gasteiger partial charge in [-0.25, -0.2) is 0 Å². The van der Waals surface area contributed by atoms with E-state index >= 15 is 0 Å². The fraction of sp³-hybridized carbons (Fsp3) is 0.375. The van der Waals surface area contributed by atoms with E-state index in [4.69, 9.17) is 16.3 Å². The molecule has 1 heterocycles. The van der Waals surface area contributed by atoms with Gasteiger partial charge in [-0.3, -0.25) is 9.48 Å². The number of benzene rings is 1. The Morgan fingerprint density at radius 2 is 2.09 bits per heavy atom. The summed E-state index contributed by atoms with van der Waals surface area (Å²) < 4.78 is 6.96. The number of amides is 1. The molecule has 5 nitrogen and oxygen atoms in total. The summed E-state index contributed by atoms with van der Waals surface area (Å²) in [6.45, 7) is 3.88. The summed E-state index contributed by atoms with van der Waals surface area (Å²) in [6, 6.07) is 7.64. The maximum Gasteiger partial charge on any atom is 0.225 e. The molecule has 0 unspecified atom stereocenters. The van der Waals surface area contributed by atoms with Crippen molar-refractivity contribution in [3.63, 3.8) is 0 Å². The second-order valence-corrected chi connectivity index (χ2v) is 6.03. The molecule has 1 amide bonds. The van der Waals surface area contributed by atoms with E-state index in [1.807, 2.05) is 38.1 Å². The first-order valence-corrected chi connectivity index (χ1v) is 7.34. The van der Waals surface area contributed by atoms with Gasteiger partial charge in [0.15, 0.2) is 5.15 Å². The quantitative estimate of drug-likeness (QED) is 0.921. The number of halogens is 1. The molecule has 1 aromatic carbocycles. The number of nitrogens with zero attached hydrogens (tertiary/aromatic N) is 2. The summed E-state index contributed by atoms with van der Waals surface area (Å²) in [7, 11) is 3.39. The molecule has 0 atom stereocenters. The highest BCUT2D eigenvalue weighted by Gasteiger charge is 2.26. The lowest BCUT2D eigenvalue weighted by molar-refractivity contribution is -0.122. The second kappa shape index (κ2) is 6.40. The lowest BCUT2D eigenvalue weighted by Crippen LogP contribution is -2.42.